The van der Waals surface area contributed by atoms with Crippen molar-refractivity contribution in [2.24, 2.45) is 0 Å². The number of hydrogen-bond donors (Lipinski definition) is 1. The van der Waals surface area contributed by atoms with E-state index in [1.54, 1.807) is 11.8 Å². The van der Waals surface area contributed by atoms with Crippen LogP contribution in [0.5, 0.6) is 5.75 Å². The molecule has 1 N–H and O–H groups in total. The lowest BCUT2D eigenvalue weighted by atomic mass is 10.0. The minimum Gasteiger partial charge on any atom is -0.497 e. The largest absolute Gasteiger partial charge is 0.497 e. The lowest BCUT2D eigenvalue weighted by molar-refractivity contribution is 0.130. The molecule has 4 aromatic rings. The average Bonchev–Trinajstić information content (AvgIpc) is 3.19. The van der Waals surface area contributed by atoms with Crippen molar-refractivity contribution in [2.75, 3.05) is 7.11 Å². The zero-order valence-electron chi connectivity index (χ0n) is 15.5. The number of fused-ring (bicyclic) bond motifs is 1. The van der Waals surface area contributed by atoms with Crippen LogP contribution in [0.2, 0.25) is 0 Å². The highest BCUT2D eigenvalue weighted by molar-refractivity contribution is 5.74. The van der Waals surface area contributed by atoms with Crippen molar-refractivity contribution in [1.82, 2.24) is 15.0 Å². The number of para-hydroxylation sites is 1. The predicted molar refractivity (Wildman–Crippen MR) is 110 cm³/mol. The molecule has 5 nitrogen and oxygen atoms in total. The molecule has 0 aliphatic carbocycles. The maximum atomic E-state index is 11.1. The monoisotopic (exact) mass is 371 g/mol. The van der Waals surface area contributed by atoms with Crippen molar-refractivity contribution in [3.63, 3.8) is 0 Å². The number of rotatable bonds is 6. The van der Waals surface area contributed by atoms with Crippen LogP contribution in [0.3, 0.4) is 0 Å². The Kier molecular flexibility index (Phi) is 5.17. The van der Waals surface area contributed by atoms with Crippen LogP contribution in [0.4, 0.5) is 0 Å². The van der Waals surface area contributed by atoms with Crippen molar-refractivity contribution in [1.29, 1.82) is 0 Å². The van der Waals surface area contributed by atoms with Crippen LogP contribution in [0.1, 0.15) is 23.3 Å². The first-order valence-electron chi connectivity index (χ1n) is 9.11. The smallest absolute Gasteiger partial charge is 0.118 e. The maximum absolute atomic E-state index is 11.1. The second-order valence-electron chi connectivity index (χ2n) is 6.50. The van der Waals surface area contributed by atoms with Gasteiger partial charge in [0.2, 0.25) is 0 Å². The van der Waals surface area contributed by atoms with Gasteiger partial charge >= 0.3 is 0 Å². The van der Waals surface area contributed by atoms with E-state index in [4.69, 9.17) is 4.74 Å². The lowest BCUT2D eigenvalue weighted by Gasteiger charge is -2.21. The molecule has 5 heteroatoms. The zero-order valence-corrected chi connectivity index (χ0v) is 15.5. The van der Waals surface area contributed by atoms with E-state index >= 15 is 0 Å². The molecule has 1 aromatic heterocycles. The van der Waals surface area contributed by atoms with Crippen molar-refractivity contribution in [3.8, 4) is 5.75 Å². The van der Waals surface area contributed by atoms with Gasteiger partial charge in [0.25, 0.3) is 0 Å². The summed E-state index contributed by atoms with van der Waals surface area (Å²) in [6.07, 6.45) is 3.17. The van der Waals surface area contributed by atoms with E-state index in [9.17, 15) is 5.11 Å². The molecule has 1 heterocycles. The summed E-state index contributed by atoms with van der Waals surface area (Å²) in [5, 5.41) is 19.7. The number of hydrogen-bond acceptors (Lipinski definition) is 4. The molecule has 0 radical (unpaired) electrons. The number of aliphatic hydroxyl groups is 1. The minimum atomic E-state index is -0.763. The summed E-state index contributed by atoms with van der Waals surface area (Å²) in [5.74, 6) is 0.806. The fraction of sp³-hybridized carbons (Fsp3) is 0.130. The Morgan fingerprint density at radius 1 is 0.929 bits per heavy atom. The second kappa shape index (κ2) is 8.06. The number of methoxy groups -OCH3 is 1. The van der Waals surface area contributed by atoms with Gasteiger partial charge in [0.1, 0.15) is 23.4 Å². The van der Waals surface area contributed by atoms with Gasteiger partial charge in [-0.25, -0.2) is 4.68 Å². The Balaban J connectivity index is 1.73. The van der Waals surface area contributed by atoms with E-state index in [-0.39, 0.29) is 0 Å². The third-order valence-electron chi connectivity index (χ3n) is 4.73. The molecule has 0 bridgehead atoms. The highest BCUT2D eigenvalue weighted by atomic mass is 16.5. The van der Waals surface area contributed by atoms with Gasteiger partial charge in [-0.15, -0.1) is 5.10 Å². The van der Waals surface area contributed by atoms with Gasteiger partial charge in [0.15, 0.2) is 0 Å². The Labute approximate surface area is 163 Å². The SMILES string of the molecule is COc1ccc(C=CC(C(O)c2ccccc2)n2nnc3ccccc32)cc1. The highest BCUT2D eigenvalue weighted by Gasteiger charge is 2.23. The highest BCUT2D eigenvalue weighted by Crippen LogP contribution is 2.30. The molecule has 0 aliphatic heterocycles. The zero-order chi connectivity index (χ0) is 19.3. The van der Waals surface area contributed by atoms with Crippen molar-refractivity contribution in [2.45, 2.75) is 12.1 Å². The van der Waals surface area contributed by atoms with E-state index < -0.39 is 12.1 Å². The quantitative estimate of drug-likeness (QED) is 0.545. The Hall–Kier alpha value is -3.44. The standard InChI is InChI=1S/C23H21N3O2/c1-28-19-14-11-17(12-15-19)13-16-22(23(27)18-7-3-2-4-8-18)26-21-10-6-5-9-20(21)24-25-26/h2-16,22-23,27H,1H3. The van der Waals surface area contributed by atoms with Crippen LogP contribution >= 0.6 is 0 Å². The van der Waals surface area contributed by atoms with E-state index in [0.717, 1.165) is 27.9 Å². The molecule has 2 unspecified atom stereocenters. The first-order valence-corrected chi connectivity index (χ1v) is 9.11. The van der Waals surface area contributed by atoms with Crippen molar-refractivity contribution >= 4 is 17.1 Å². The lowest BCUT2D eigenvalue weighted by Crippen LogP contribution is -2.17. The van der Waals surface area contributed by atoms with E-state index in [1.807, 2.05) is 91.0 Å². The van der Waals surface area contributed by atoms with E-state index in [0.29, 0.717) is 0 Å². The van der Waals surface area contributed by atoms with Crippen LogP contribution in [0.25, 0.3) is 17.1 Å². The summed E-state index contributed by atoms with van der Waals surface area (Å²) < 4.78 is 6.98. The number of ether oxygens (including phenoxy) is 1. The molecule has 0 fully saturated rings. The van der Waals surface area contributed by atoms with Gasteiger partial charge < -0.3 is 9.84 Å². The Morgan fingerprint density at radius 2 is 1.64 bits per heavy atom. The molecule has 0 saturated heterocycles. The third-order valence-corrected chi connectivity index (χ3v) is 4.73. The molecule has 0 aliphatic rings. The average molecular weight is 371 g/mol. The molecular formula is C23H21N3O2. The van der Waals surface area contributed by atoms with Crippen molar-refractivity contribution in [3.05, 3.63) is 96.1 Å². The van der Waals surface area contributed by atoms with Crippen LogP contribution in [-0.4, -0.2) is 27.2 Å². The maximum Gasteiger partial charge on any atom is 0.118 e. The summed E-state index contributed by atoms with van der Waals surface area (Å²) in [5.41, 5.74) is 3.51. The minimum absolute atomic E-state index is 0.406. The fourth-order valence-electron chi connectivity index (χ4n) is 3.20. The molecular weight excluding hydrogens is 350 g/mol. The first-order chi connectivity index (χ1) is 13.8. The third kappa shape index (κ3) is 3.66. The van der Waals surface area contributed by atoms with Gasteiger partial charge in [0, 0.05) is 0 Å². The Bertz CT molecular complexity index is 1070. The topological polar surface area (TPSA) is 60.2 Å². The van der Waals surface area contributed by atoms with Gasteiger partial charge in [-0.05, 0) is 35.4 Å². The number of aromatic nitrogens is 3. The van der Waals surface area contributed by atoms with Gasteiger partial charge in [-0.2, -0.15) is 0 Å². The fourth-order valence-corrected chi connectivity index (χ4v) is 3.20. The summed E-state index contributed by atoms with van der Waals surface area (Å²) in [6, 6.07) is 24.7. The summed E-state index contributed by atoms with van der Waals surface area (Å²) >= 11 is 0. The molecule has 0 saturated carbocycles. The second-order valence-corrected chi connectivity index (χ2v) is 6.50. The number of aliphatic hydroxyl groups excluding tert-OH is 1. The molecule has 0 spiro atoms. The molecule has 3 aromatic carbocycles. The van der Waals surface area contributed by atoms with Gasteiger partial charge in [0.05, 0.1) is 12.6 Å². The van der Waals surface area contributed by atoms with Crippen molar-refractivity contribution < 1.29 is 9.84 Å². The number of nitrogens with zero attached hydrogens (tertiary/aromatic N) is 3. The molecule has 4 rings (SSSR count). The number of benzene rings is 3. The summed E-state index contributed by atoms with van der Waals surface area (Å²) in [4.78, 5) is 0. The van der Waals surface area contributed by atoms with Crippen LogP contribution in [0.15, 0.2) is 84.9 Å². The van der Waals surface area contributed by atoms with Crippen LogP contribution in [-0.2, 0) is 0 Å². The first kappa shape index (κ1) is 17.9. The van der Waals surface area contributed by atoms with Crippen LogP contribution in [0, 0.1) is 0 Å². The summed E-state index contributed by atoms with van der Waals surface area (Å²) in [7, 11) is 1.65. The van der Waals surface area contributed by atoms with Gasteiger partial charge in [-0.3, -0.25) is 0 Å². The van der Waals surface area contributed by atoms with Gasteiger partial charge in [-0.1, -0.05) is 72.0 Å². The van der Waals surface area contributed by atoms with E-state index in [1.165, 1.54) is 0 Å². The molecule has 2 atom stereocenters. The summed E-state index contributed by atoms with van der Waals surface area (Å²) in [6.45, 7) is 0. The Morgan fingerprint density at radius 3 is 2.39 bits per heavy atom. The molecule has 28 heavy (non-hydrogen) atoms. The van der Waals surface area contributed by atoms with Crippen LogP contribution < -0.4 is 4.74 Å². The predicted octanol–water partition coefficient (Wildman–Crippen LogP) is 4.43. The van der Waals surface area contributed by atoms with E-state index in [2.05, 4.69) is 10.3 Å². The molecule has 140 valence electrons. The molecule has 0 amide bonds. The normalized spacial score (nSPS) is 13.6.